The summed E-state index contributed by atoms with van der Waals surface area (Å²) in [5, 5.41) is 3.29. The second kappa shape index (κ2) is 8.44. The molecule has 29 heavy (non-hydrogen) atoms. The van der Waals surface area contributed by atoms with Crippen LogP contribution in [0.1, 0.15) is 36.7 Å². The highest BCUT2D eigenvalue weighted by Crippen LogP contribution is 2.24. The van der Waals surface area contributed by atoms with Gasteiger partial charge in [-0.05, 0) is 26.3 Å². The van der Waals surface area contributed by atoms with Gasteiger partial charge in [0.05, 0.1) is 13.2 Å². The van der Waals surface area contributed by atoms with Gasteiger partial charge in [0.1, 0.15) is 18.4 Å². The molecule has 154 valence electrons. The number of fused-ring (bicyclic) bond motifs is 1. The third kappa shape index (κ3) is 5.00. The molecule has 9 nitrogen and oxygen atoms in total. The summed E-state index contributed by atoms with van der Waals surface area (Å²) in [7, 11) is 1.58. The van der Waals surface area contributed by atoms with Crippen LogP contribution in [0.25, 0.3) is 11.2 Å². The number of aromatic nitrogens is 4. The molecule has 0 aliphatic carbocycles. The molecule has 9 heteroatoms. The third-order valence-corrected chi connectivity index (χ3v) is 4.07. The third-order valence-electron chi connectivity index (χ3n) is 4.07. The smallest absolute Gasteiger partial charge is 0.328 e. The molecule has 0 unspecified atom stereocenters. The van der Waals surface area contributed by atoms with Crippen molar-refractivity contribution in [2.24, 2.45) is 0 Å². The Kier molecular flexibility index (Phi) is 5.97. The van der Waals surface area contributed by atoms with Crippen molar-refractivity contribution in [3.8, 4) is 6.01 Å². The Morgan fingerprint density at radius 2 is 1.90 bits per heavy atom. The van der Waals surface area contributed by atoms with Gasteiger partial charge in [-0.3, -0.25) is 9.36 Å². The molecule has 3 rings (SSSR count). The largest absolute Gasteiger partial charge is 0.461 e. The first-order valence-corrected chi connectivity index (χ1v) is 9.25. The minimum absolute atomic E-state index is 0.158. The average Bonchev–Trinajstić information content (AvgIpc) is 2.97. The van der Waals surface area contributed by atoms with E-state index < -0.39 is 0 Å². The zero-order valence-electron chi connectivity index (χ0n) is 17.0. The van der Waals surface area contributed by atoms with Crippen molar-refractivity contribution < 1.29 is 14.3 Å². The molecule has 0 amide bonds. The van der Waals surface area contributed by atoms with E-state index in [-0.39, 0.29) is 17.2 Å². The Bertz CT molecular complexity index is 1050. The van der Waals surface area contributed by atoms with Crippen molar-refractivity contribution in [3.05, 3.63) is 45.9 Å². The van der Waals surface area contributed by atoms with Gasteiger partial charge in [0.2, 0.25) is 0 Å². The summed E-state index contributed by atoms with van der Waals surface area (Å²) >= 11 is 0. The number of hydrogen-bond donors (Lipinski definition) is 2. The lowest BCUT2D eigenvalue weighted by molar-refractivity contribution is 0.112. The molecule has 0 bridgehead atoms. The molecule has 1 aromatic carbocycles. The quantitative estimate of drug-likeness (QED) is 0.441. The lowest BCUT2D eigenvalue weighted by atomic mass is 10.1. The van der Waals surface area contributed by atoms with Crippen LogP contribution in [0.2, 0.25) is 0 Å². The number of carbonyl (C=O) groups excluding carboxylic acids is 1. The number of methoxy groups -OCH3 is 1. The van der Waals surface area contributed by atoms with Crippen LogP contribution in [0, 0.1) is 0 Å². The van der Waals surface area contributed by atoms with E-state index in [1.165, 1.54) is 4.57 Å². The summed E-state index contributed by atoms with van der Waals surface area (Å²) in [5.41, 5.74) is 1.79. The van der Waals surface area contributed by atoms with Crippen LogP contribution in [-0.4, -0.2) is 51.7 Å². The minimum Gasteiger partial charge on any atom is -0.461 e. The van der Waals surface area contributed by atoms with E-state index in [0.29, 0.717) is 42.3 Å². The predicted octanol–water partition coefficient (Wildman–Crippen LogP) is 2.22. The van der Waals surface area contributed by atoms with Crippen LogP contribution >= 0.6 is 0 Å². The SMILES string of the molecule is COCCOc1nc(NC(C)(C)C)c2[nH]c(=O)n(Cc3ccc(C=O)cc3)c2n1. The number of nitrogens with zero attached hydrogens (tertiary/aromatic N) is 3. The fourth-order valence-electron chi connectivity index (χ4n) is 2.77. The topological polar surface area (TPSA) is 111 Å². The highest BCUT2D eigenvalue weighted by molar-refractivity contribution is 5.83. The summed E-state index contributed by atoms with van der Waals surface area (Å²) < 4.78 is 12.1. The Labute approximate surface area is 168 Å². The lowest BCUT2D eigenvalue weighted by Crippen LogP contribution is -2.27. The molecule has 2 N–H and O–H groups in total. The molecule has 0 atom stereocenters. The maximum absolute atomic E-state index is 12.7. The minimum atomic E-state index is -0.306. The van der Waals surface area contributed by atoms with E-state index in [1.807, 2.05) is 20.8 Å². The van der Waals surface area contributed by atoms with Crippen LogP contribution in [0.15, 0.2) is 29.1 Å². The van der Waals surface area contributed by atoms with E-state index in [4.69, 9.17) is 9.47 Å². The van der Waals surface area contributed by atoms with Gasteiger partial charge < -0.3 is 19.8 Å². The molecule has 0 aliphatic heterocycles. The second-order valence-corrected chi connectivity index (χ2v) is 7.65. The summed E-state index contributed by atoms with van der Waals surface area (Å²) in [6, 6.07) is 7.19. The van der Waals surface area contributed by atoms with E-state index in [0.717, 1.165) is 11.8 Å². The van der Waals surface area contributed by atoms with E-state index in [1.54, 1.807) is 31.4 Å². The number of aldehydes is 1. The highest BCUT2D eigenvalue weighted by atomic mass is 16.5. The Balaban J connectivity index is 2.05. The number of aromatic amines is 1. The number of carbonyl (C=O) groups is 1. The molecule has 0 spiro atoms. The van der Waals surface area contributed by atoms with Crippen molar-refractivity contribution in [3.63, 3.8) is 0 Å². The van der Waals surface area contributed by atoms with Gasteiger partial charge in [0.15, 0.2) is 11.5 Å². The molecule has 2 aromatic heterocycles. The Morgan fingerprint density at radius 3 is 2.52 bits per heavy atom. The van der Waals surface area contributed by atoms with Crippen LogP contribution < -0.4 is 15.7 Å². The standard InChI is InChI=1S/C20H25N5O4/c1-20(2,3)24-16-15-17(23-18(22-16)29-10-9-28-4)25(19(27)21-15)11-13-5-7-14(12-26)8-6-13/h5-8,12H,9-11H2,1-4H3,(H,21,27)(H,22,23,24). The normalized spacial score (nSPS) is 11.6. The van der Waals surface area contributed by atoms with Crippen molar-refractivity contribution in [2.45, 2.75) is 32.9 Å². The van der Waals surface area contributed by atoms with Crippen molar-refractivity contribution >= 4 is 23.3 Å². The first kappa shape index (κ1) is 20.5. The number of ether oxygens (including phenoxy) is 2. The predicted molar refractivity (Wildman–Crippen MR) is 110 cm³/mol. The fraction of sp³-hybridized carbons (Fsp3) is 0.400. The molecular formula is C20H25N5O4. The lowest BCUT2D eigenvalue weighted by Gasteiger charge is -2.21. The van der Waals surface area contributed by atoms with Gasteiger partial charge in [-0.2, -0.15) is 9.97 Å². The first-order chi connectivity index (χ1) is 13.8. The Morgan fingerprint density at radius 1 is 1.17 bits per heavy atom. The molecule has 2 heterocycles. The summed E-state index contributed by atoms with van der Waals surface area (Å²) in [6.45, 7) is 6.97. The van der Waals surface area contributed by atoms with E-state index >= 15 is 0 Å². The maximum atomic E-state index is 12.7. The molecule has 0 saturated carbocycles. The van der Waals surface area contributed by atoms with E-state index in [2.05, 4.69) is 20.3 Å². The van der Waals surface area contributed by atoms with Gasteiger partial charge in [-0.15, -0.1) is 0 Å². The van der Waals surface area contributed by atoms with Crippen LogP contribution in [0.3, 0.4) is 0 Å². The number of rotatable bonds is 8. The number of H-pyrrole nitrogens is 1. The average molecular weight is 399 g/mol. The molecule has 0 radical (unpaired) electrons. The summed E-state index contributed by atoms with van der Waals surface area (Å²) in [6.07, 6.45) is 0.781. The Hall–Kier alpha value is -3.20. The van der Waals surface area contributed by atoms with Crippen LogP contribution in [0.4, 0.5) is 5.82 Å². The molecule has 0 fully saturated rings. The monoisotopic (exact) mass is 399 g/mol. The maximum Gasteiger partial charge on any atom is 0.328 e. The summed E-state index contributed by atoms with van der Waals surface area (Å²) in [5.74, 6) is 0.488. The first-order valence-electron chi connectivity index (χ1n) is 9.25. The zero-order chi connectivity index (χ0) is 21.0. The molecule has 0 saturated heterocycles. The van der Waals surface area contributed by atoms with Crippen LogP contribution in [-0.2, 0) is 11.3 Å². The summed E-state index contributed by atoms with van der Waals surface area (Å²) in [4.78, 5) is 35.2. The van der Waals surface area contributed by atoms with Crippen molar-refractivity contribution in [2.75, 3.05) is 25.6 Å². The van der Waals surface area contributed by atoms with Gasteiger partial charge in [-0.25, -0.2) is 4.79 Å². The van der Waals surface area contributed by atoms with Gasteiger partial charge >= 0.3 is 11.7 Å². The van der Waals surface area contributed by atoms with Crippen molar-refractivity contribution in [1.82, 2.24) is 19.5 Å². The molecular weight excluding hydrogens is 374 g/mol. The number of hydrogen-bond acceptors (Lipinski definition) is 7. The number of imidazole rings is 1. The second-order valence-electron chi connectivity index (χ2n) is 7.65. The fourth-order valence-corrected chi connectivity index (χ4v) is 2.77. The molecule has 0 aliphatic rings. The number of anilines is 1. The zero-order valence-corrected chi connectivity index (χ0v) is 17.0. The van der Waals surface area contributed by atoms with E-state index in [9.17, 15) is 9.59 Å². The van der Waals surface area contributed by atoms with Gasteiger partial charge in [-0.1, -0.05) is 24.3 Å². The number of nitrogens with one attached hydrogen (secondary N) is 2. The number of benzene rings is 1. The molecule has 3 aromatic rings. The van der Waals surface area contributed by atoms with Gasteiger partial charge in [0.25, 0.3) is 0 Å². The highest BCUT2D eigenvalue weighted by Gasteiger charge is 2.20. The van der Waals surface area contributed by atoms with Crippen molar-refractivity contribution in [1.29, 1.82) is 0 Å². The van der Waals surface area contributed by atoms with Crippen LogP contribution in [0.5, 0.6) is 6.01 Å². The van der Waals surface area contributed by atoms with Gasteiger partial charge in [0, 0.05) is 18.2 Å².